The van der Waals surface area contributed by atoms with Crippen LogP contribution in [0.15, 0.2) is 60.1 Å². The van der Waals surface area contributed by atoms with Gasteiger partial charge in [-0.05, 0) is 36.4 Å². The number of nitrogens with zero attached hydrogens (tertiary/aromatic N) is 2. The van der Waals surface area contributed by atoms with Gasteiger partial charge in [0.25, 0.3) is 5.91 Å². The predicted octanol–water partition coefficient (Wildman–Crippen LogP) is 5.30. The molecular weight excluding hydrogens is 385 g/mol. The Hall–Kier alpha value is -2.38. The molecule has 0 saturated heterocycles. The minimum Gasteiger partial charge on any atom is -0.312 e. The molecule has 0 aliphatic carbocycles. The molecule has 1 amide bonds. The van der Waals surface area contributed by atoms with Crippen molar-refractivity contribution in [3.8, 4) is 0 Å². The summed E-state index contributed by atoms with van der Waals surface area (Å²) in [6.45, 7) is 4.08. The van der Waals surface area contributed by atoms with E-state index in [1.807, 2.05) is 0 Å². The molecule has 3 aromatic rings. The van der Waals surface area contributed by atoms with Gasteiger partial charge in [-0.15, -0.1) is 6.58 Å². The number of aromatic nitrogens is 1. The quantitative estimate of drug-likeness (QED) is 0.553. The second-order valence-electron chi connectivity index (χ2n) is 5.39. The summed E-state index contributed by atoms with van der Waals surface area (Å²) in [6.07, 6.45) is -2.87. The Bertz CT molecular complexity index is 1070. The van der Waals surface area contributed by atoms with Crippen molar-refractivity contribution < 1.29 is 18.0 Å². The molecule has 134 valence electrons. The van der Waals surface area contributed by atoms with E-state index in [9.17, 15) is 18.0 Å². The number of hydrogen-bond acceptors (Lipinski definition) is 2. The molecule has 8 heteroatoms. The van der Waals surface area contributed by atoms with Crippen LogP contribution in [-0.2, 0) is 12.7 Å². The van der Waals surface area contributed by atoms with Gasteiger partial charge in [0.1, 0.15) is 0 Å². The first kappa shape index (κ1) is 18.4. The third-order valence-electron chi connectivity index (χ3n) is 3.59. The van der Waals surface area contributed by atoms with Gasteiger partial charge < -0.3 is 4.57 Å². The van der Waals surface area contributed by atoms with E-state index in [1.165, 1.54) is 23.5 Å². The molecule has 26 heavy (non-hydrogen) atoms. The lowest BCUT2D eigenvalue weighted by Gasteiger charge is -2.06. The topological polar surface area (TPSA) is 34.4 Å². The summed E-state index contributed by atoms with van der Waals surface area (Å²) in [5.41, 5.74) is -0.198. The maximum absolute atomic E-state index is 12.8. The predicted molar refractivity (Wildman–Crippen MR) is 96.4 cm³/mol. The van der Waals surface area contributed by atoms with Crippen LogP contribution in [0.3, 0.4) is 0 Å². The number of benzene rings is 2. The Kier molecular flexibility index (Phi) is 5.02. The van der Waals surface area contributed by atoms with Gasteiger partial charge in [-0.1, -0.05) is 35.1 Å². The van der Waals surface area contributed by atoms with E-state index in [4.69, 9.17) is 11.6 Å². The number of carbonyl (C=O) groups excluding carboxylic acids is 1. The minimum atomic E-state index is -4.52. The minimum absolute atomic E-state index is 0.125. The molecule has 0 saturated carbocycles. The third-order valence-corrected chi connectivity index (χ3v) is 4.87. The zero-order valence-corrected chi connectivity index (χ0v) is 14.8. The molecule has 0 spiro atoms. The molecule has 0 atom stereocenters. The largest absolute Gasteiger partial charge is 0.416 e. The molecule has 2 aromatic carbocycles. The summed E-state index contributed by atoms with van der Waals surface area (Å²) in [6, 6.07) is 9.47. The molecule has 0 fully saturated rings. The first-order valence-electron chi connectivity index (χ1n) is 7.45. The van der Waals surface area contributed by atoms with E-state index >= 15 is 0 Å². The van der Waals surface area contributed by atoms with Crippen molar-refractivity contribution in [1.29, 1.82) is 0 Å². The highest BCUT2D eigenvalue weighted by Gasteiger charge is 2.30. The van der Waals surface area contributed by atoms with Crippen molar-refractivity contribution in [3.63, 3.8) is 0 Å². The summed E-state index contributed by atoms with van der Waals surface area (Å²) in [7, 11) is 0. The van der Waals surface area contributed by atoms with E-state index < -0.39 is 17.6 Å². The summed E-state index contributed by atoms with van der Waals surface area (Å²) in [5.74, 6) is -0.744. The molecular formula is C18H12ClF3N2OS. The number of allylic oxidation sites excluding steroid dienone is 1. The lowest BCUT2D eigenvalue weighted by Crippen LogP contribution is -2.16. The fraction of sp³-hybridized carbons (Fsp3) is 0.111. The van der Waals surface area contributed by atoms with Crippen LogP contribution in [0.1, 0.15) is 15.9 Å². The molecule has 0 bridgehead atoms. The second kappa shape index (κ2) is 7.09. The zero-order valence-electron chi connectivity index (χ0n) is 13.3. The van der Waals surface area contributed by atoms with E-state index in [-0.39, 0.29) is 5.56 Å². The lowest BCUT2D eigenvalue weighted by atomic mass is 10.1. The number of fused-ring (bicyclic) bond motifs is 1. The maximum atomic E-state index is 12.8. The van der Waals surface area contributed by atoms with Crippen molar-refractivity contribution in [2.24, 2.45) is 4.99 Å². The molecule has 0 aliphatic heterocycles. The summed E-state index contributed by atoms with van der Waals surface area (Å²) < 4.78 is 41.1. The first-order valence-corrected chi connectivity index (χ1v) is 8.65. The SMILES string of the molecule is C=CCn1c(=NC(=O)c2cccc(C(F)(F)F)c2)sc2cc(Cl)ccc21. The Balaban J connectivity index is 2.11. The van der Waals surface area contributed by atoms with Crippen molar-refractivity contribution in [1.82, 2.24) is 4.57 Å². The van der Waals surface area contributed by atoms with Gasteiger partial charge in [-0.2, -0.15) is 18.2 Å². The molecule has 1 heterocycles. The van der Waals surface area contributed by atoms with Crippen molar-refractivity contribution in [2.45, 2.75) is 12.7 Å². The Labute approximate surface area is 155 Å². The van der Waals surface area contributed by atoms with Gasteiger partial charge in [0.15, 0.2) is 4.80 Å². The highest BCUT2D eigenvalue weighted by molar-refractivity contribution is 7.16. The van der Waals surface area contributed by atoms with Gasteiger partial charge in [0, 0.05) is 17.1 Å². The van der Waals surface area contributed by atoms with Gasteiger partial charge in [0.05, 0.1) is 15.8 Å². The van der Waals surface area contributed by atoms with Crippen LogP contribution < -0.4 is 4.80 Å². The zero-order chi connectivity index (χ0) is 18.9. The molecule has 3 rings (SSSR count). The van der Waals surface area contributed by atoms with Crippen LogP contribution in [-0.4, -0.2) is 10.5 Å². The summed E-state index contributed by atoms with van der Waals surface area (Å²) >= 11 is 7.22. The highest BCUT2D eigenvalue weighted by Crippen LogP contribution is 2.29. The van der Waals surface area contributed by atoms with Crippen LogP contribution in [0.5, 0.6) is 0 Å². The van der Waals surface area contributed by atoms with Crippen molar-refractivity contribution in [2.75, 3.05) is 0 Å². The normalized spacial score (nSPS) is 12.5. The van der Waals surface area contributed by atoms with Crippen LogP contribution >= 0.6 is 22.9 Å². The molecule has 0 unspecified atom stereocenters. The summed E-state index contributed by atoms with van der Waals surface area (Å²) in [4.78, 5) is 16.8. The average Bonchev–Trinajstić information content (AvgIpc) is 2.91. The average molecular weight is 397 g/mol. The summed E-state index contributed by atoms with van der Waals surface area (Å²) in [5, 5.41) is 0.542. The van der Waals surface area contributed by atoms with E-state index in [2.05, 4.69) is 11.6 Å². The molecule has 0 N–H and O–H groups in total. The fourth-order valence-electron chi connectivity index (χ4n) is 2.42. The van der Waals surface area contributed by atoms with Gasteiger partial charge in [-0.25, -0.2) is 0 Å². The van der Waals surface area contributed by atoms with E-state index in [1.54, 1.807) is 28.8 Å². The van der Waals surface area contributed by atoms with E-state index in [0.29, 0.717) is 16.4 Å². The number of rotatable bonds is 3. The Morgan fingerprint density at radius 2 is 2.04 bits per heavy atom. The van der Waals surface area contributed by atoms with Gasteiger partial charge in [0.2, 0.25) is 0 Å². The van der Waals surface area contributed by atoms with Crippen LogP contribution in [0.25, 0.3) is 10.2 Å². The van der Waals surface area contributed by atoms with Crippen LogP contribution in [0, 0.1) is 0 Å². The van der Waals surface area contributed by atoms with Crippen LogP contribution in [0.2, 0.25) is 5.02 Å². The van der Waals surface area contributed by atoms with Crippen molar-refractivity contribution >= 4 is 39.1 Å². The molecule has 1 aromatic heterocycles. The monoisotopic (exact) mass is 396 g/mol. The first-order chi connectivity index (χ1) is 12.3. The Morgan fingerprint density at radius 3 is 2.73 bits per heavy atom. The standard InChI is InChI=1S/C18H12ClF3N2OS/c1-2-8-24-14-7-6-13(19)10-15(14)26-17(24)23-16(25)11-4-3-5-12(9-11)18(20,21)22/h2-7,9-10H,1,8H2. The number of hydrogen-bond donors (Lipinski definition) is 0. The van der Waals surface area contributed by atoms with Gasteiger partial charge in [-0.3, -0.25) is 4.79 Å². The number of carbonyl (C=O) groups is 1. The highest BCUT2D eigenvalue weighted by atomic mass is 35.5. The number of amides is 1. The number of alkyl halides is 3. The van der Waals surface area contributed by atoms with E-state index in [0.717, 1.165) is 22.3 Å². The Morgan fingerprint density at radius 1 is 1.27 bits per heavy atom. The number of thiazole rings is 1. The molecule has 3 nitrogen and oxygen atoms in total. The molecule has 0 radical (unpaired) electrons. The maximum Gasteiger partial charge on any atom is 0.416 e. The lowest BCUT2D eigenvalue weighted by molar-refractivity contribution is -0.137. The van der Waals surface area contributed by atoms with Crippen molar-refractivity contribution in [3.05, 3.63) is 76.1 Å². The smallest absolute Gasteiger partial charge is 0.312 e. The van der Waals surface area contributed by atoms with Crippen LogP contribution in [0.4, 0.5) is 13.2 Å². The number of halogens is 4. The third kappa shape index (κ3) is 3.73. The molecule has 0 aliphatic rings. The second-order valence-corrected chi connectivity index (χ2v) is 6.84. The fourth-order valence-corrected chi connectivity index (χ4v) is 3.73. The van der Waals surface area contributed by atoms with Gasteiger partial charge >= 0.3 is 6.18 Å².